The first-order valence-electron chi connectivity index (χ1n) is 11.1. The number of unbranched alkanes of at least 4 members (excludes halogenated alkanes) is 2. The van der Waals surface area contributed by atoms with Crippen LogP contribution in [0.1, 0.15) is 48.4 Å². The summed E-state index contributed by atoms with van der Waals surface area (Å²) in [6.45, 7) is 2.16. The fourth-order valence-electron chi connectivity index (χ4n) is 4.08. The van der Waals surface area contributed by atoms with Gasteiger partial charge >= 0.3 is 5.97 Å². The number of hydrogen-bond acceptors (Lipinski definition) is 6. The predicted octanol–water partition coefficient (Wildman–Crippen LogP) is 4.08. The van der Waals surface area contributed by atoms with Gasteiger partial charge in [0.15, 0.2) is 11.5 Å². The number of carboxylic acid groups (broad SMARTS) is 1. The second-order valence-electron chi connectivity index (χ2n) is 8.18. The molecule has 0 spiro atoms. The van der Waals surface area contributed by atoms with Crippen molar-refractivity contribution in [3.63, 3.8) is 0 Å². The Morgan fingerprint density at radius 2 is 1.62 bits per heavy atom. The van der Waals surface area contributed by atoms with E-state index in [1.807, 2.05) is 19.1 Å². The van der Waals surface area contributed by atoms with Crippen molar-refractivity contribution >= 4 is 23.4 Å². The Labute approximate surface area is 198 Å². The van der Waals surface area contributed by atoms with Crippen LogP contribution in [0.15, 0.2) is 48.0 Å². The van der Waals surface area contributed by atoms with Crippen LogP contribution in [-0.4, -0.2) is 53.5 Å². The molecule has 0 radical (unpaired) electrons. The number of hydrogen-bond donors (Lipinski definition) is 2. The quantitative estimate of drug-likeness (QED) is 0.234. The van der Waals surface area contributed by atoms with E-state index in [0.29, 0.717) is 41.9 Å². The maximum atomic E-state index is 13.1. The van der Waals surface area contributed by atoms with Crippen LogP contribution in [0.4, 0.5) is 0 Å². The highest BCUT2D eigenvalue weighted by atomic mass is 16.5. The average Bonchev–Trinajstić information content (AvgIpc) is 3.08. The Balaban J connectivity index is 2.04. The summed E-state index contributed by atoms with van der Waals surface area (Å²) in [5, 5.41) is 19.9. The summed E-state index contributed by atoms with van der Waals surface area (Å²) in [6, 6.07) is 11.3. The van der Waals surface area contributed by atoms with Gasteiger partial charge in [0.25, 0.3) is 11.7 Å². The lowest BCUT2D eigenvalue weighted by atomic mass is 9.94. The zero-order chi connectivity index (χ0) is 24.8. The van der Waals surface area contributed by atoms with Gasteiger partial charge in [-0.1, -0.05) is 42.3 Å². The average molecular weight is 468 g/mol. The van der Waals surface area contributed by atoms with E-state index in [0.717, 1.165) is 5.56 Å². The molecule has 0 bridgehead atoms. The highest BCUT2D eigenvalue weighted by molar-refractivity contribution is 6.46. The molecule has 2 aromatic carbocycles. The number of aliphatic carboxylic acids is 1. The third-order valence-corrected chi connectivity index (χ3v) is 5.88. The molecule has 3 rings (SSSR count). The molecule has 8 heteroatoms. The number of rotatable bonds is 10. The van der Waals surface area contributed by atoms with Crippen LogP contribution >= 0.6 is 0 Å². The van der Waals surface area contributed by atoms with Crippen LogP contribution in [0.3, 0.4) is 0 Å². The van der Waals surface area contributed by atoms with E-state index in [2.05, 4.69) is 0 Å². The normalized spacial score (nSPS) is 17.1. The van der Waals surface area contributed by atoms with E-state index in [9.17, 15) is 19.5 Å². The maximum absolute atomic E-state index is 13.1. The first-order chi connectivity index (χ1) is 16.3. The molecule has 1 heterocycles. The van der Waals surface area contributed by atoms with Crippen molar-refractivity contribution in [2.24, 2.45) is 0 Å². The molecule has 1 aliphatic rings. The number of Topliss-reactive ketones (excluding diaryl/α,β-unsaturated/α-hetero) is 1. The van der Waals surface area contributed by atoms with Crippen LogP contribution < -0.4 is 9.47 Å². The number of carbonyl (C=O) groups is 3. The van der Waals surface area contributed by atoms with E-state index in [1.54, 1.807) is 30.3 Å². The van der Waals surface area contributed by atoms with Crippen molar-refractivity contribution < 1.29 is 34.1 Å². The number of likely N-dealkylation sites (tertiary alicyclic amines) is 1. The number of amides is 1. The molecule has 0 aromatic heterocycles. The number of aryl methyl sites for hydroxylation is 1. The molecule has 2 aromatic rings. The smallest absolute Gasteiger partial charge is 0.303 e. The number of carbonyl (C=O) groups excluding carboxylic acids is 2. The fraction of sp³-hybridized carbons (Fsp3) is 0.346. The fourth-order valence-corrected chi connectivity index (χ4v) is 4.08. The van der Waals surface area contributed by atoms with Gasteiger partial charge in [0.2, 0.25) is 0 Å². The van der Waals surface area contributed by atoms with Crippen molar-refractivity contribution in [1.29, 1.82) is 0 Å². The van der Waals surface area contributed by atoms with Crippen molar-refractivity contribution in [1.82, 2.24) is 4.90 Å². The van der Waals surface area contributed by atoms with E-state index in [1.165, 1.54) is 19.1 Å². The van der Waals surface area contributed by atoms with Crippen LogP contribution in [0, 0.1) is 6.92 Å². The molecule has 1 fully saturated rings. The molecule has 1 unspecified atom stereocenters. The minimum absolute atomic E-state index is 0.00612. The molecular weight excluding hydrogens is 438 g/mol. The van der Waals surface area contributed by atoms with Crippen LogP contribution in [-0.2, 0) is 14.4 Å². The van der Waals surface area contributed by atoms with Gasteiger partial charge in [-0.25, -0.2) is 0 Å². The monoisotopic (exact) mass is 467 g/mol. The van der Waals surface area contributed by atoms with Gasteiger partial charge in [0.05, 0.1) is 25.8 Å². The Hall–Kier alpha value is -3.81. The molecule has 1 saturated heterocycles. The van der Waals surface area contributed by atoms with Gasteiger partial charge in [0.1, 0.15) is 5.76 Å². The van der Waals surface area contributed by atoms with Crippen molar-refractivity contribution in [3.05, 3.63) is 64.7 Å². The molecule has 2 N–H and O–H groups in total. The Morgan fingerprint density at radius 1 is 0.941 bits per heavy atom. The van der Waals surface area contributed by atoms with Gasteiger partial charge in [-0.3, -0.25) is 14.4 Å². The number of aliphatic hydroxyl groups excluding tert-OH is 1. The highest BCUT2D eigenvalue weighted by Gasteiger charge is 2.46. The summed E-state index contributed by atoms with van der Waals surface area (Å²) < 4.78 is 10.7. The summed E-state index contributed by atoms with van der Waals surface area (Å²) in [5.74, 6) is -1.65. The summed E-state index contributed by atoms with van der Waals surface area (Å²) in [4.78, 5) is 38.3. The van der Waals surface area contributed by atoms with Gasteiger partial charge in [-0.15, -0.1) is 0 Å². The third kappa shape index (κ3) is 5.22. The molecule has 1 atom stereocenters. The Kier molecular flexibility index (Phi) is 7.94. The van der Waals surface area contributed by atoms with Crippen molar-refractivity contribution in [2.45, 2.75) is 38.6 Å². The zero-order valence-electron chi connectivity index (χ0n) is 19.5. The SMILES string of the molecule is COc1ccc(C2/C(=C(/O)c3ccc(C)cc3)C(=O)C(=O)N2CCCCCC(=O)O)cc1OC. The first kappa shape index (κ1) is 24.8. The number of carboxylic acids is 1. The summed E-state index contributed by atoms with van der Waals surface area (Å²) in [6.07, 6.45) is 1.63. The zero-order valence-corrected chi connectivity index (χ0v) is 19.5. The molecule has 0 saturated carbocycles. The number of ketones is 1. The summed E-state index contributed by atoms with van der Waals surface area (Å²) in [5.41, 5.74) is 2.04. The molecule has 8 nitrogen and oxygen atoms in total. The summed E-state index contributed by atoms with van der Waals surface area (Å²) >= 11 is 0. The molecule has 1 aliphatic heterocycles. The largest absolute Gasteiger partial charge is 0.507 e. The Morgan fingerprint density at radius 3 is 2.24 bits per heavy atom. The number of benzene rings is 2. The number of aliphatic hydroxyl groups is 1. The standard InChI is InChI=1S/C26H29NO7/c1-16-8-10-17(11-9-16)24(30)22-23(18-12-13-19(33-2)20(15-18)34-3)27(26(32)25(22)31)14-6-4-5-7-21(28)29/h8-13,15,23,30H,4-7,14H2,1-3H3,(H,28,29)/b24-22-. The second kappa shape index (κ2) is 10.9. The van der Waals surface area contributed by atoms with E-state index in [-0.39, 0.29) is 24.3 Å². The van der Waals surface area contributed by atoms with Crippen LogP contribution in [0.2, 0.25) is 0 Å². The highest BCUT2D eigenvalue weighted by Crippen LogP contribution is 2.42. The van der Waals surface area contributed by atoms with E-state index in [4.69, 9.17) is 14.6 Å². The van der Waals surface area contributed by atoms with Gasteiger partial charge < -0.3 is 24.6 Å². The van der Waals surface area contributed by atoms with Crippen molar-refractivity contribution in [3.8, 4) is 11.5 Å². The lowest BCUT2D eigenvalue weighted by molar-refractivity contribution is -0.140. The van der Waals surface area contributed by atoms with Crippen LogP contribution in [0.5, 0.6) is 11.5 Å². The minimum atomic E-state index is -0.871. The lowest BCUT2D eigenvalue weighted by Gasteiger charge is -2.26. The van der Waals surface area contributed by atoms with Gasteiger partial charge in [0, 0.05) is 18.5 Å². The number of ether oxygens (including phenoxy) is 2. The molecule has 0 aliphatic carbocycles. The number of nitrogens with zero attached hydrogens (tertiary/aromatic N) is 1. The molecular formula is C26H29NO7. The molecule has 34 heavy (non-hydrogen) atoms. The van der Waals surface area contributed by atoms with Crippen LogP contribution in [0.25, 0.3) is 5.76 Å². The number of methoxy groups -OCH3 is 2. The second-order valence-corrected chi connectivity index (χ2v) is 8.18. The third-order valence-electron chi connectivity index (χ3n) is 5.88. The van der Waals surface area contributed by atoms with Gasteiger partial charge in [-0.05, 0) is 37.5 Å². The Bertz CT molecular complexity index is 1100. The lowest BCUT2D eigenvalue weighted by Crippen LogP contribution is -2.30. The van der Waals surface area contributed by atoms with Crippen molar-refractivity contribution in [2.75, 3.05) is 20.8 Å². The van der Waals surface area contributed by atoms with Gasteiger partial charge in [-0.2, -0.15) is 0 Å². The topological polar surface area (TPSA) is 113 Å². The summed E-state index contributed by atoms with van der Waals surface area (Å²) in [7, 11) is 3.01. The first-order valence-corrected chi connectivity index (χ1v) is 11.1. The molecule has 180 valence electrons. The molecule has 1 amide bonds. The van der Waals surface area contributed by atoms with E-state index < -0.39 is 23.7 Å². The minimum Gasteiger partial charge on any atom is -0.507 e. The predicted molar refractivity (Wildman–Crippen MR) is 126 cm³/mol. The van der Waals surface area contributed by atoms with E-state index >= 15 is 0 Å². The maximum Gasteiger partial charge on any atom is 0.303 e.